The van der Waals surface area contributed by atoms with Crippen LogP contribution in [0.3, 0.4) is 0 Å². The number of likely N-dealkylation sites (tertiary alicyclic amines) is 1. The fourth-order valence-electron chi connectivity index (χ4n) is 9.62. The van der Waals surface area contributed by atoms with Crippen molar-refractivity contribution in [1.82, 2.24) is 20.2 Å². The average Bonchev–Trinajstić information content (AvgIpc) is 3.23. The van der Waals surface area contributed by atoms with Gasteiger partial charge in [-0.05, 0) is 119 Å². The minimum Gasteiger partial charge on any atom is -0.374 e. The van der Waals surface area contributed by atoms with Crippen LogP contribution in [0.5, 0.6) is 0 Å². The molecule has 0 spiro atoms. The second kappa shape index (κ2) is 17.8. The maximum absolute atomic E-state index is 15.2. The molecule has 1 aromatic heterocycles. The number of carbonyl (C=O) groups is 4. The smallest absolute Gasteiger partial charge is 0.249 e. The third-order valence-corrected chi connectivity index (χ3v) is 13.0. The molecule has 308 valence electrons. The zero-order chi connectivity index (χ0) is 40.2. The van der Waals surface area contributed by atoms with Gasteiger partial charge in [0.25, 0.3) is 0 Å². The predicted molar refractivity (Wildman–Crippen MR) is 218 cm³/mol. The van der Waals surface area contributed by atoms with Crippen LogP contribution in [0.15, 0.2) is 48.7 Å². The Labute approximate surface area is 338 Å². The van der Waals surface area contributed by atoms with E-state index in [0.717, 1.165) is 102 Å². The number of amides is 4. The van der Waals surface area contributed by atoms with E-state index in [1.807, 2.05) is 18.2 Å². The Morgan fingerprint density at radius 3 is 2.28 bits per heavy atom. The first-order chi connectivity index (χ1) is 28.2. The van der Waals surface area contributed by atoms with Crippen LogP contribution >= 0.6 is 0 Å². The van der Waals surface area contributed by atoms with E-state index in [2.05, 4.69) is 35.7 Å². The first-order valence-corrected chi connectivity index (χ1v) is 21.3. The van der Waals surface area contributed by atoms with Crippen LogP contribution in [-0.2, 0) is 19.2 Å². The predicted octanol–water partition coefficient (Wildman–Crippen LogP) is 6.67. The van der Waals surface area contributed by atoms with Crippen LogP contribution < -0.4 is 25.8 Å². The third-order valence-electron chi connectivity index (χ3n) is 13.0. The lowest BCUT2D eigenvalue weighted by molar-refractivity contribution is -0.138. The summed E-state index contributed by atoms with van der Waals surface area (Å²) in [7, 11) is 0. The summed E-state index contributed by atoms with van der Waals surface area (Å²) < 4.78 is 30.2. The molecule has 14 heteroatoms. The lowest BCUT2D eigenvalue weighted by Gasteiger charge is -2.39. The molecule has 8 rings (SSSR count). The zero-order valence-corrected chi connectivity index (χ0v) is 33.1. The first-order valence-electron chi connectivity index (χ1n) is 21.3. The molecular weight excluding hydrogens is 743 g/mol. The van der Waals surface area contributed by atoms with E-state index in [-0.39, 0.29) is 53.5 Å². The second-order valence-electron chi connectivity index (χ2n) is 16.9. The van der Waals surface area contributed by atoms with Crippen molar-refractivity contribution in [2.75, 3.05) is 53.2 Å². The van der Waals surface area contributed by atoms with E-state index in [4.69, 9.17) is 0 Å². The SMILES string of the molecule is O=C1CCC(Nc2ccc(N3CCC(CC4CCN(C(=O)[C@H]5CC[C@H](Nc6ncc(F)c(-c7cccc(N8CCCCC8=O)c7)n6)CC5)CC4)CC3)c(F)c2)C(=O)N1. The quantitative estimate of drug-likeness (QED) is 0.192. The van der Waals surface area contributed by atoms with Crippen LogP contribution in [0.1, 0.15) is 89.9 Å². The molecule has 3 N–H and O–H groups in total. The lowest BCUT2D eigenvalue weighted by atomic mass is 9.81. The summed E-state index contributed by atoms with van der Waals surface area (Å²) in [5.74, 6) is 0.388. The molecule has 1 saturated carbocycles. The number of benzene rings is 2. The Balaban J connectivity index is 0.755. The largest absolute Gasteiger partial charge is 0.374 e. The molecule has 0 radical (unpaired) electrons. The molecule has 1 atom stereocenters. The molecular formula is C44H54F2N8O4. The standard InChI is InChI=1S/C44H54F2N8O4/c45-35-26-33(48-37-12-14-39(55)50-42(37)57)11-13-38(35)52-20-15-28(16-21-52)24-29-17-22-53(23-18-29)43(58)30-7-9-32(10-8-30)49-44-47-27-36(46)41(51-44)31-4-3-5-34(25-31)54-19-2-1-6-40(54)56/h3-5,11,13,25-30,32,37,48H,1-2,6-10,12,14-24H2,(H,47,49,51)(H,50,55,57)/t30-,32-,37?. The minimum atomic E-state index is -0.552. The van der Waals surface area contributed by atoms with E-state index in [1.54, 1.807) is 23.1 Å². The van der Waals surface area contributed by atoms with Crippen molar-refractivity contribution in [2.45, 2.75) is 102 Å². The first kappa shape index (κ1) is 39.7. The van der Waals surface area contributed by atoms with Gasteiger partial charge in [-0.2, -0.15) is 0 Å². The fraction of sp³-hybridized carbons (Fsp3) is 0.545. The van der Waals surface area contributed by atoms with Gasteiger partial charge < -0.3 is 25.3 Å². The summed E-state index contributed by atoms with van der Waals surface area (Å²) >= 11 is 0. The molecule has 2 aromatic carbocycles. The average molecular weight is 797 g/mol. The Morgan fingerprint density at radius 1 is 0.793 bits per heavy atom. The molecule has 4 amide bonds. The molecule has 0 bridgehead atoms. The van der Waals surface area contributed by atoms with Gasteiger partial charge in [0, 0.05) is 74.5 Å². The highest BCUT2D eigenvalue weighted by atomic mass is 19.1. The molecule has 5 fully saturated rings. The minimum absolute atomic E-state index is 0.00605. The highest BCUT2D eigenvalue weighted by Gasteiger charge is 2.33. The van der Waals surface area contributed by atoms with Gasteiger partial charge in [-0.15, -0.1) is 0 Å². The maximum atomic E-state index is 15.2. The Hall–Kier alpha value is -5.14. The number of hydrogen-bond acceptors (Lipinski definition) is 9. The summed E-state index contributed by atoms with van der Waals surface area (Å²) in [6, 6.07) is 11.9. The van der Waals surface area contributed by atoms with Crippen molar-refractivity contribution in [2.24, 2.45) is 17.8 Å². The van der Waals surface area contributed by atoms with Crippen molar-refractivity contribution in [3.8, 4) is 11.3 Å². The van der Waals surface area contributed by atoms with Crippen molar-refractivity contribution >= 4 is 46.6 Å². The third kappa shape index (κ3) is 9.26. The zero-order valence-electron chi connectivity index (χ0n) is 33.1. The Bertz CT molecular complexity index is 1990. The molecule has 1 aliphatic carbocycles. The summed E-state index contributed by atoms with van der Waals surface area (Å²) in [4.78, 5) is 64.4. The number of halogens is 2. The number of anilines is 4. The number of piperidine rings is 4. The van der Waals surface area contributed by atoms with E-state index in [1.165, 1.54) is 12.3 Å². The molecule has 4 aliphatic heterocycles. The summed E-state index contributed by atoms with van der Waals surface area (Å²) in [6.07, 6.45) is 12.6. The molecule has 12 nitrogen and oxygen atoms in total. The van der Waals surface area contributed by atoms with Crippen LogP contribution in [0, 0.1) is 29.4 Å². The summed E-state index contributed by atoms with van der Waals surface area (Å²) in [5.41, 5.74) is 2.65. The van der Waals surface area contributed by atoms with Crippen molar-refractivity contribution < 1.29 is 28.0 Å². The van der Waals surface area contributed by atoms with Gasteiger partial charge in [0.1, 0.15) is 17.6 Å². The van der Waals surface area contributed by atoms with E-state index >= 15 is 8.78 Å². The van der Waals surface area contributed by atoms with Crippen LogP contribution in [0.2, 0.25) is 0 Å². The molecule has 5 heterocycles. The van der Waals surface area contributed by atoms with E-state index in [0.29, 0.717) is 54.1 Å². The van der Waals surface area contributed by atoms with E-state index < -0.39 is 11.9 Å². The van der Waals surface area contributed by atoms with Crippen molar-refractivity contribution in [3.05, 3.63) is 60.3 Å². The van der Waals surface area contributed by atoms with Crippen molar-refractivity contribution in [3.63, 3.8) is 0 Å². The Kier molecular flexibility index (Phi) is 12.2. The normalized spacial score (nSPS) is 23.8. The fourth-order valence-corrected chi connectivity index (χ4v) is 9.62. The number of nitrogens with zero attached hydrogens (tertiary/aromatic N) is 5. The molecule has 4 saturated heterocycles. The summed E-state index contributed by atoms with van der Waals surface area (Å²) in [5, 5.41) is 8.78. The van der Waals surface area contributed by atoms with Gasteiger partial charge in [-0.3, -0.25) is 24.5 Å². The van der Waals surface area contributed by atoms with Gasteiger partial charge in [-0.1, -0.05) is 12.1 Å². The van der Waals surface area contributed by atoms with Gasteiger partial charge in [0.05, 0.1) is 11.9 Å². The molecule has 3 aromatic rings. The van der Waals surface area contributed by atoms with Crippen molar-refractivity contribution in [1.29, 1.82) is 0 Å². The highest BCUT2D eigenvalue weighted by Crippen LogP contribution is 2.35. The van der Waals surface area contributed by atoms with Gasteiger partial charge in [0.2, 0.25) is 29.6 Å². The number of imide groups is 1. The second-order valence-corrected chi connectivity index (χ2v) is 16.9. The van der Waals surface area contributed by atoms with Gasteiger partial charge in [0.15, 0.2) is 5.82 Å². The number of rotatable bonds is 10. The topological polar surface area (TPSA) is 140 Å². The van der Waals surface area contributed by atoms with Crippen LogP contribution in [0.25, 0.3) is 11.3 Å². The van der Waals surface area contributed by atoms with Gasteiger partial charge in [-0.25, -0.2) is 18.7 Å². The Morgan fingerprint density at radius 2 is 1.55 bits per heavy atom. The van der Waals surface area contributed by atoms with Gasteiger partial charge >= 0.3 is 0 Å². The van der Waals surface area contributed by atoms with Crippen LogP contribution in [-0.4, -0.2) is 83.3 Å². The molecule has 5 aliphatic rings. The highest BCUT2D eigenvalue weighted by molar-refractivity contribution is 6.01. The monoisotopic (exact) mass is 796 g/mol. The number of aromatic nitrogens is 2. The summed E-state index contributed by atoms with van der Waals surface area (Å²) in [6.45, 7) is 3.84. The molecule has 58 heavy (non-hydrogen) atoms. The number of hydrogen-bond donors (Lipinski definition) is 3. The van der Waals surface area contributed by atoms with E-state index in [9.17, 15) is 19.2 Å². The maximum Gasteiger partial charge on any atom is 0.249 e. The lowest BCUT2D eigenvalue weighted by Crippen LogP contribution is -2.47. The molecule has 1 unspecified atom stereocenters. The number of nitrogens with one attached hydrogen (secondary N) is 3. The van der Waals surface area contributed by atoms with Crippen LogP contribution in [0.4, 0.5) is 31.8 Å². The number of carbonyl (C=O) groups excluding carboxylic acids is 4.